The van der Waals surface area contributed by atoms with Crippen molar-refractivity contribution in [1.29, 1.82) is 0 Å². The Morgan fingerprint density at radius 1 is 0.636 bits per heavy atom. The van der Waals surface area contributed by atoms with Crippen LogP contribution in [0.5, 0.6) is 0 Å². The van der Waals surface area contributed by atoms with Crippen molar-refractivity contribution in [3.8, 4) is 0 Å². The van der Waals surface area contributed by atoms with Gasteiger partial charge in [0.25, 0.3) is 0 Å². The van der Waals surface area contributed by atoms with Gasteiger partial charge in [0.2, 0.25) is 5.43 Å². The molecule has 0 saturated heterocycles. The molecular formula is C26H12F9IO7S. The van der Waals surface area contributed by atoms with Crippen LogP contribution in [0.25, 0.3) is 32.9 Å². The van der Waals surface area contributed by atoms with Crippen molar-refractivity contribution >= 4 is 43.0 Å². The van der Waals surface area contributed by atoms with Crippen LogP contribution in [0.15, 0.2) is 91.2 Å². The molecule has 2 heterocycles. The lowest BCUT2D eigenvalue weighted by Crippen LogP contribution is -3.61. The van der Waals surface area contributed by atoms with Gasteiger partial charge in [-0.3, -0.25) is 4.79 Å². The summed E-state index contributed by atoms with van der Waals surface area (Å²) in [4.78, 5) is 24.2. The van der Waals surface area contributed by atoms with Crippen LogP contribution in [-0.4, -0.2) is 36.2 Å². The Morgan fingerprint density at radius 3 is 1.84 bits per heavy atom. The Kier molecular flexibility index (Phi) is 8.59. The minimum Gasteiger partial charge on any atom is -0.743 e. The second kappa shape index (κ2) is 11.4. The van der Waals surface area contributed by atoms with Gasteiger partial charge >= 0.3 is 50.1 Å². The maximum absolute atomic E-state index is 12.8. The molecule has 0 atom stereocenters. The molecule has 0 saturated carbocycles. The zero-order chi connectivity index (χ0) is 32.9. The number of hydrogen-bond acceptors (Lipinski definition) is 7. The van der Waals surface area contributed by atoms with Gasteiger partial charge < -0.3 is 13.4 Å². The summed E-state index contributed by atoms with van der Waals surface area (Å²) in [6.07, 6.45) is -7.16. The second-order valence-corrected chi connectivity index (χ2v) is 13.2. The molecule has 0 radical (unpaired) electrons. The molecule has 0 unspecified atom stereocenters. The van der Waals surface area contributed by atoms with E-state index < -0.39 is 54.6 Å². The summed E-state index contributed by atoms with van der Waals surface area (Å²) in [5, 5.41) is -5.03. The summed E-state index contributed by atoms with van der Waals surface area (Å²) in [6.45, 7) is 0. The molecule has 0 aliphatic rings. The first-order valence-corrected chi connectivity index (χ1v) is 15.0. The Bertz CT molecular complexity index is 2110. The van der Waals surface area contributed by atoms with E-state index in [4.69, 9.17) is 8.83 Å². The highest BCUT2D eigenvalue weighted by Crippen LogP contribution is 2.54. The quantitative estimate of drug-likeness (QED) is 0.0888. The van der Waals surface area contributed by atoms with Gasteiger partial charge in [0.15, 0.2) is 17.3 Å². The smallest absolute Gasteiger partial charge is 0.460 e. The first-order valence-electron chi connectivity index (χ1n) is 11.5. The molecule has 0 fully saturated rings. The van der Waals surface area contributed by atoms with E-state index in [2.05, 4.69) is 0 Å². The van der Waals surface area contributed by atoms with Crippen LogP contribution in [0.4, 0.5) is 39.5 Å². The molecule has 3 aromatic carbocycles. The first kappa shape index (κ1) is 33.2. The summed E-state index contributed by atoms with van der Waals surface area (Å²) >= 11 is -0.530. The number of halogens is 10. The average Bonchev–Trinajstić information content (AvgIpc) is 2.92. The molecule has 7 nitrogen and oxygen atoms in total. The number of alkyl halides is 9. The summed E-state index contributed by atoms with van der Waals surface area (Å²) in [5.74, 6) is -14.8. The normalized spacial score (nSPS) is 13.2. The lowest BCUT2D eigenvalue weighted by atomic mass is 10.1. The Balaban J connectivity index is 0.000000227. The van der Waals surface area contributed by atoms with E-state index in [-0.39, 0.29) is 11.1 Å². The van der Waals surface area contributed by atoms with E-state index in [0.29, 0.717) is 27.5 Å². The van der Waals surface area contributed by atoms with Gasteiger partial charge in [0.05, 0.1) is 10.8 Å². The number of benzene rings is 3. The van der Waals surface area contributed by atoms with Crippen molar-refractivity contribution in [2.75, 3.05) is 0 Å². The number of para-hydroxylation sites is 1. The topological polar surface area (TPSA) is 118 Å². The van der Waals surface area contributed by atoms with Gasteiger partial charge in [-0.15, -0.1) is 0 Å². The second-order valence-electron chi connectivity index (χ2n) is 8.72. The van der Waals surface area contributed by atoms with Crippen molar-refractivity contribution in [1.82, 2.24) is 0 Å². The molecule has 0 aliphatic heterocycles. The summed E-state index contributed by atoms with van der Waals surface area (Å²) in [7, 11) is -7.42. The zero-order valence-corrected chi connectivity index (χ0v) is 23.9. The third-order valence-electron chi connectivity index (χ3n) is 5.77. The van der Waals surface area contributed by atoms with Crippen molar-refractivity contribution in [3.63, 3.8) is 0 Å². The van der Waals surface area contributed by atoms with E-state index in [0.717, 1.165) is 12.5 Å². The largest absolute Gasteiger partial charge is 0.743 e. The zero-order valence-electron chi connectivity index (χ0n) is 21.0. The van der Waals surface area contributed by atoms with E-state index >= 15 is 0 Å². The van der Waals surface area contributed by atoms with Gasteiger partial charge in [-0.05, 0) is 42.5 Å². The summed E-state index contributed by atoms with van der Waals surface area (Å²) < 4.78 is 149. The fraction of sp³-hybridized carbons (Fsp3) is 0.154. The first-order chi connectivity index (χ1) is 20.2. The van der Waals surface area contributed by atoms with E-state index in [9.17, 15) is 62.1 Å². The van der Waals surface area contributed by atoms with E-state index in [1.807, 2.05) is 48.5 Å². The maximum Gasteiger partial charge on any atom is 0.460 e. The molecule has 2 aromatic heterocycles. The molecule has 0 amide bonds. The fourth-order valence-electron chi connectivity index (χ4n) is 3.57. The lowest BCUT2D eigenvalue weighted by Gasteiger charge is -2.34. The predicted octanol–water partition coefficient (Wildman–Crippen LogP) is 3.14. The fourth-order valence-corrected chi connectivity index (χ4v) is 6.36. The van der Waals surface area contributed by atoms with Crippen LogP contribution in [0, 0.1) is 7.14 Å². The highest BCUT2D eigenvalue weighted by atomic mass is 127. The van der Waals surface area contributed by atoms with Crippen LogP contribution >= 0.6 is 0 Å². The van der Waals surface area contributed by atoms with Gasteiger partial charge in [-0.2, -0.15) is 39.5 Å². The summed E-state index contributed by atoms with van der Waals surface area (Å²) in [5.41, 5.74) is 1.42. The number of rotatable bonds is 5. The van der Waals surface area contributed by atoms with Crippen molar-refractivity contribution in [2.24, 2.45) is 0 Å². The average molecular weight is 766 g/mol. The van der Waals surface area contributed by atoms with Crippen LogP contribution < -0.4 is 32.3 Å². The Labute approximate surface area is 248 Å². The Hall–Kier alpha value is -3.65. The standard InChI is InChI=1S/C22H12IO4.C4HF9O3S/c24-21-10-6-13-5-7-15(12-20(13)27-21)23-14-8-9-19-17(11-14)22(25)16-3-1-2-4-18(16)26-19;5-1(6,3(9,10)11)2(7,8)4(12,13)17(14,15)16/h1-12H;(H,14,15,16)/q+1;/p-1. The molecule has 0 bridgehead atoms. The maximum atomic E-state index is 12.8. The third kappa shape index (κ3) is 6.01. The highest BCUT2D eigenvalue weighted by Gasteiger charge is 2.83. The lowest BCUT2D eigenvalue weighted by molar-refractivity contribution is -0.597. The van der Waals surface area contributed by atoms with E-state index in [1.165, 1.54) is 6.07 Å². The van der Waals surface area contributed by atoms with Crippen molar-refractivity contribution in [3.05, 3.63) is 101 Å². The molecule has 0 spiro atoms. The molecule has 18 heteroatoms. The minimum absolute atomic E-state index is 0.0118. The molecule has 0 aliphatic carbocycles. The SMILES string of the molecule is O=S(=O)([O-])C(F)(F)C(F)(F)C(F)(F)C(F)(F)F.O=c1ccc2ccc([I+]c3ccc4oc5ccccc5c(=O)c4c3)cc2o1. The van der Waals surface area contributed by atoms with Gasteiger partial charge in [0, 0.05) is 23.6 Å². The molecule has 5 aromatic rings. The number of fused-ring (bicyclic) bond motifs is 3. The van der Waals surface area contributed by atoms with Gasteiger partial charge in [0.1, 0.15) is 16.7 Å². The Morgan fingerprint density at radius 2 is 1.20 bits per heavy atom. The van der Waals surface area contributed by atoms with Crippen molar-refractivity contribution < 1.29 is 82.5 Å². The number of hydrogen-bond donors (Lipinski definition) is 0. The highest BCUT2D eigenvalue weighted by molar-refractivity contribution is 7.86. The van der Waals surface area contributed by atoms with Crippen molar-refractivity contribution in [2.45, 2.75) is 23.3 Å². The molecule has 0 N–H and O–H groups in total. The van der Waals surface area contributed by atoms with Crippen LogP contribution in [0.1, 0.15) is 0 Å². The van der Waals surface area contributed by atoms with E-state index in [1.54, 1.807) is 18.2 Å². The van der Waals surface area contributed by atoms with Crippen LogP contribution in [0.2, 0.25) is 0 Å². The predicted molar refractivity (Wildman–Crippen MR) is 130 cm³/mol. The summed E-state index contributed by atoms with van der Waals surface area (Å²) in [6, 6.07) is 22.2. The minimum atomic E-state index is -7.43. The third-order valence-corrected chi connectivity index (χ3v) is 9.24. The van der Waals surface area contributed by atoms with Crippen LogP contribution in [0.3, 0.4) is 0 Å². The molecule has 44 heavy (non-hydrogen) atoms. The molecule has 5 rings (SSSR count). The van der Waals surface area contributed by atoms with Crippen LogP contribution in [-0.2, 0) is 10.1 Å². The monoisotopic (exact) mass is 766 g/mol. The molecular weight excluding hydrogens is 754 g/mol. The van der Waals surface area contributed by atoms with Gasteiger partial charge in [-0.1, -0.05) is 12.1 Å². The van der Waals surface area contributed by atoms with Gasteiger partial charge in [-0.25, -0.2) is 13.2 Å². The molecule has 234 valence electrons.